The lowest BCUT2D eigenvalue weighted by atomic mass is 10.1. The van der Waals surface area contributed by atoms with Gasteiger partial charge in [-0.3, -0.25) is 4.79 Å². The number of hydrogen-bond donors (Lipinski definition) is 1. The maximum atomic E-state index is 12.4. The minimum absolute atomic E-state index is 0.0569. The van der Waals surface area contributed by atoms with Gasteiger partial charge < -0.3 is 15.0 Å². The van der Waals surface area contributed by atoms with E-state index in [1.165, 1.54) is 0 Å². The molecule has 0 spiro atoms. The normalized spacial score (nSPS) is 20.1. The number of benzene rings is 1. The number of methoxy groups -OCH3 is 1. The molecule has 1 aromatic carbocycles. The van der Waals surface area contributed by atoms with E-state index in [1.807, 2.05) is 4.90 Å². The zero-order valence-corrected chi connectivity index (χ0v) is 11.8. The second-order valence-electron chi connectivity index (χ2n) is 4.78. The molecular weight excluding hydrogens is 264 g/mol. The summed E-state index contributed by atoms with van der Waals surface area (Å²) in [5, 5.41) is 3.98. The van der Waals surface area contributed by atoms with Crippen LogP contribution >= 0.6 is 11.6 Å². The number of rotatable bonds is 3. The van der Waals surface area contributed by atoms with Crippen molar-refractivity contribution in [2.24, 2.45) is 5.92 Å². The van der Waals surface area contributed by atoms with Crippen LogP contribution in [0, 0.1) is 5.92 Å². The van der Waals surface area contributed by atoms with Crippen LogP contribution in [0.4, 0.5) is 0 Å². The fraction of sp³-hybridized carbons (Fsp3) is 0.500. The smallest absolute Gasteiger partial charge is 0.253 e. The Bertz CT molecular complexity index is 422. The lowest BCUT2D eigenvalue weighted by molar-refractivity contribution is 0.0708. The van der Waals surface area contributed by atoms with Crippen molar-refractivity contribution in [2.75, 3.05) is 39.9 Å². The molecule has 2 rings (SSSR count). The number of hydrogen-bond acceptors (Lipinski definition) is 3. The zero-order valence-electron chi connectivity index (χ0n) is 11.1. The standard InChI is InChI=1S/C14H19ClN2O2/c1-19-10-11-8-16-6-7-17(9-11)14(18)12-2-4-13(15)5-3-12/h2-5,11,16H,6-10H2,1H3/t11-/m1/s1. The highest BCUT2D eigenvalue weighted by molar-refractivity contribution is 6.30. The summed E-state index contributed by atoms with van der Waals surface area (Å²) in [4.78, 5) is 14.3. The fourth-order valence-electron chi connectivity index (χ4n) is 2.29. The van der Waals surface area contributed by atoms with Crippen LogP contribution < -0.4 is 5.32 Å². The van der Waals surface area contributed by atoms with Gasteiger partial charge in [-0.1, -0.05) is 11.6 Å². The average molecular weight is 283 g/mol. The summed E-state index contributed by atoms with van der Waals surface area (Å²) >= 11 is 5.84. The first-order valence-corrected chi connectivity index (χ1v) is 6.83. The van der Waals surface area contributed by atoms with E-state index in [4.69, 9.17) is 16.3 Å². The van der Waals surface area contributed by atoms with Crippen LogP contribution in [-0.4, -0.2) is 50.7 Å². The van der Waals surface area contributed by atoms with Crippen molar-refractivity contribution in [2.45, 2.75) is 0 Å². The number of amides is 1. The van der Waals surface area contributed by atoms with Crippen LogP contribution in [0.2, 0.25) is 5.02 Å². The number of nitrogens with zero attached hydrogens (tertiary/aromatic N) is 1. The van der Waals surface area contributed by atoms with Crippen LogP contribution in [0.1, 0.15) is 10.4 Å². The molecule has 1 saturated heterocycles. The van der Waals surface area contributed by atoms with Gasteiger partial charge >= 0.3 is 0 Å². The molecule has 1 aliphatic heterocycles. The van der Waals surface area contributed by atoms with Gasteiger partial charge in [-0.15, -0.1) is 0 Å². The van der Waals surface area contributed by atoms with Crippen molar-refractivity contribution >= 4 is 17.5 Å². The Kier molecular flexibility index (Phi) is 5.19. The van der Waals surface area contributed by atoms with Gasteiger partial charge in [0.15, 0.2) is 0 Å². The summed E-state index contributed by atoms with van der Waals surface area (Å²) in [6, 6.07) is 7.04. The summed E-state index contributed by atoms with van der Waals surface area (Å²) in [6.45, 7) is 3.82. The number of carbonyl (C=O) groups is 1. The number of nitrogens with one attached hydrogen (secondary N) is 1. The quantitative estimate of drug-likeness (QED) is 0.917. The molecule has 0 bridgehead atoms. The van der Waals surface area contributed by atoms with Crippen molar-refractivity contribution < 1.29 is 9.53 Å². The summed E-state index contributed by atoms with van der Waals surface area (Å²) in [5.74, 6) is 0.394. The maximum absolute atomic E-state index is 12.4. The average Bonchev–Trinajstić information content (AvgIpc) is 2.65. The largest absolute Gasteiger partial charge is 0.384 e. The first-order chi connectivity index (χ1) is 9.20. The van der Waals surface area contributed by atoms with E-state index < -0.39 is 0 Å². The highest BCUT2D eigenvalue weighted by Crippen LogP contribution is 2.13. The molecule has 1 N–H and O–H groups in total. The van der Waals surface area contributed by atoms with E-state index in [9.17, 15) is 4.79 Å². The molecule has 0 saturated carbocycles. The zero-order chi connectivity index (χ0) is 13.7. The van der Waals surface area contributed by atoms with Crippen molar-refractivity contribution in [3.8, 4) is 0 Å². The highest BCUT2D eigenvalue weighted by Gasteiger charge is 2.22. The Morgan fingerprint density at radius 3 is 2.89 bits per heavy atom. The van der Waals surface area contributed by atoms with E-state index in [-0.39, 0.29) is 5.91 Å². The van der Waals surface area contributed by atoms with Gasteiger partial charge in [0.05, 0.1) is 6.61 Å². The van der Waals surface area contributed by atoms with Gasteiger partial charge in [0.2, 0.25) is 0 Å². The van der Waals surface area contributed by atoms with Gasteiger partial charge in [-0.2, -0.15) is 0 Å². The third kappa shape index (κ3) is 3.93. The van der Waals surface area contributed by atoms with E-state index in [0.29, 0.717) is 23.1 Å². The molecule has 0 unspecified atom stereocenters. The molecule has 4 nitrogen and oxygen atoms in total. The number of ether oxygens (including phenoxy) is 1. The Labute approximate surface area is 118 Å². The molecule has 1 fully saturated rings. The van der Waals surface area contributed by atoms with E-state index in [0.717, 1.165) is 26.2 Å². The van der Waals surface area contributed by atoms with Gasteiger partial charge in [-0.25, -0.2) is 0 Å². The van der Waals surface area contributed by atoms with Crippen LogP contribution in [0.3, 0.4) is 0 Å². The van der Waals surface area contributed by atoms with Crippen molar-refractivity contribution in [3.63, 3.8) is 0 Å². The molecule has 0 aromatic heterocycles. The molecule has 0 radical (unpaired) electrons. The monoisotopic (exact) mass is 282 g/mol. The van der Waals surface area contributed by atoms with Crippen LogP contribution in [-0.2, 0) is 4.74 Å². The van der Waals surface area contributed by atoms with Crippen molar-refractivity contribution in [1.29, 1.82) is 0 Å². The molecule has 1 aromatic rings. The Morgan fingerprint density at radius 1 is 1.47 bits per heavy atom. The fourth-order valence-corrected chi connectivity index (χ4v) is 2.42. The number of carbonyl (C=O) groups excluding carboxylic acids is 1. The molecule has 0 aliphatic carbocycles. The van der Waals surface area contributed by atoms with Gasteiger partial charge in [0.1, 0.15) is 0 Å². The molecule has 104 valence electrons. The Morgan fingerprint density at radius 2 is 2.21 bits per heavy atom. The van der Waals surface area contributed by atoms with Gasteiger partial charge in [0, 0.05) is 49.8 Å². The second kappa shape index (κ2) is 6.89. The van der Waals surface area contributed by atoms with Crippen molar-refractivity contribution in [3.05, 3.63) is 34.9 Å². The summed E-state index contributed by atoms with van der Waals surface area (Å²) in [5.41, 5.74) is 0.683. The second-order valence-corrected chi connectivity index (χ2v) is 5.22. The predicted octanol–water partition coefficient (Wildman–Crippen LogP) is 1.65. The first kappa shape index (κ1) is 14.3. The molecule has 1 amide bonds. The minimum Gasteiger partial charge on any atom is -0.384 e. The Balaban J connectivity index is 2.06. The van der Waals surface area contributed by atoms with Gasteiger partial charge in [0.25, 0.3) is 5.91 Å². The van der Waals surface area contributed by atoms with E-state index >= 15 is 0 Å². The lowest BCUT2D eigenvalue weighted by Crippen LogP contribution is -2.36. The molecule has 1 aliphatic rings. The summed E-state index contributed by atoms with van der Waals surface area (Å²) < 4.78 is 5.19. The molecule has 1 atom stereocenters. The first-order valence-electron chi connectivity index (χ1n) is 6.45. The van der Waals surface area contributed by atoms with E-state index in [1.54, 1.807) is 31.4 Å². The van der Waals surface area contributed by atoms with E-state index in [2.05, 4.69) is 5.32 Å². The minimum atomic E-state index is 0.0569. The van der Waals surface area contributed by atoms with Crippen LogP contribution in [0.15, 0.2) is 24.3 Å². The Hall–Kier alpha value is -1.10. The van der Waals surface area contributed by atoms with Crippen molar-refractivity contribution in [1.82, 2.24) is 10.2 Å². The highest BCUT2D eigenvalue weighted by atomic mass is 35.5. The topological polar surface area (TPSA) is 41.6 Å². The third-order valence-corrected chi connectivity index (χ3v) is 3.50. The predicted molar refractivity (Wildman–Crippen MR) is 75.6 cm³/mol. The summed E-state index contributed by atoms with van der Waals surface area (Å²) in [7, 11) is 1.69. The maximum Gasteiger partial charge on any atom is 0.253 e. The molecule has 1 heterocycles. The van der Waals surface area contributed by atoms with Crippen LogP contribution in [0.5, 0.6) is 0 Å². The third-order valence-electron chi connectivity index (χ3n) is 3.25. The molecular formula is C14H19ClN2O2. The lowest BCUT2D eigenvalue weighted by Gasteiger charge is -2.23. The number of halogens is 1. The molecule has 19 heavy (non-hydrogen) atoms. The van der Waals surface area contributed by atoms with Crippen LogP contribution in [0.25, 0.3) is 0 Å². The molecule has 5 heteroatoms. The van der Waals surface area contributed by atoms with Gasteiger partial charge in [-0.05, 0) is 24.3 Å². The summed E-state index contributed by atoms with van der Waals surface area (Å²) in [6.07, 6.45) is 0. The SMILES string of the molecule is COC[C@@H]1CNCCN(C(=O)c2ccc(Cl)cc2)C1.